The molecule has 0 bridgehead atoms. The van der Waals surface area contributed by atoms with Crippen LogP contribution in [0, 0.1) is 0 Å². The number of nitrogens with zero attached hydrogens (tertiary/aromatic N) is 4. The lowest BCUT2D eigenvalue weighted by Gasteiger charge is -2.10. The highest BCUT2D eigenvalue weighted by molar-refractivity contribution is 6.15. The highest BCUT2D eigenvalue weighted by Gasteiger charge is 2.21. The van der Waals surface area contributed by atoms with Gasteiger partial charge in [0.15, 0.2) is 17.5 Å². The van der Waals surface area contributed by atoms with E-state index in [4.69, 9.17) is 23.8 Å². The van der Waals surface area contributed by atoms with E-state index in [2.05, 4.69) is 132 Å². The molecule has 0 atom stereocenters. The zero-order valence-corrected chi connectivity index (χ0v) is 30.4. The Kier molecular flexibility index (Phi) is 6.83. The molecule has 12 aromatic rings. The zero-order valence-electron chi connectivity index (χ0n) is 30.4. The second kappa shape index (κ2) is 12.3. The monoisotopic (exact) mass is 730 g/mol. The summed E-state index contributed by atoms with van der Waals surface area (Å²) in [4.78, 5) is 15.3. The lowest BCUT2D eigenvalue weighted by Crippen LogP contribution is -2.00. The van der Waals surface area contributed by atoms with Crippen LogP contribution >= 0.6 is 0 Å². The third-order valence-corrected chi connectivity index (χ3v) is 11.1. The summed E-state index contributed by atoms with van der Waals surface area (Å²) in [6.45, 7) is 0. The Hall–Kier alpha value is -7.83. The van der Waals surface area contributed by atoms with Crippen molar-refractivity contribution in [3.05, 3.63) is 182 Å². The molecule has 57 heavy (non-hydrogen) atoms. The van der Waals surface area contributed by atoms with Gasteiger partial charge >= 0.3 is 0 Å². The Morgan fingerprint density at radius 3 is 1.56 bits per heavy atom. The van der Waals surface area contributed by atoms with Gasteiger partial charge in [0.25, 0.3) is 0 Å². The lowest BCUT2D eigenvalue weighted by molar-refractivity contribution is 0.668. The van der Waals surface area contributed by atoms with E-state index < -0.39 is 0 Å². The molecule has 0 aliphatic rings. The lowest BCUT2D eigenvalue weighted by atomic mass is 10.0. The minimum atomic E-state index is 0.556. The number of furan rings is 2. The van der Waals surface area contributed by atoms with E-state index in [9.17, 15) is 0 Å². The van der Waals surface area contributed by atoms with E-state index in [0.29, 0.717) is 17.5 Å². The van der Waals surface area contributed by atoms with Gasteiger partial charge in [0.1, 0.15) is 22.3 Å². The Balaban J connectivity index is 1.04. The molecule has 0 spiro atoms. The van der Waals surface area contributed by atoms with Crippen LogP contribution in [0.3, 0.4) is 0 Å². The van der Waals surface area contributed by atoms with E-state index in [1.807, 2.05) is 54.6 Å². The number of rotatable bonds is 5. The summed E-state index contributed by atoms with van der Waals surface area (Å²) in [5, 5.41) is 6.49. The largest absolute Gasteiger partial charge is 0.456 e. The molecule has 0 saturated carbocycles. The van der Waals surface area contributed by atoms with Crippen molar-refractivity contribution >= 4 is 65.7 Å². The van der Waals surface area contributed by atoms with Crippen LogP contribution in [0.25, 0.3) is 117 Å². The fourth-order valence-corrected chi connectivity index (χ4v) is 8.48. The van der Waals surface area contributed by atoms with E-state index in [0.717, 1.165) is 88.4 Å². The summed E-state index contributed by atoms with van der Waals surface area (Å²) in [6.07, 6.45) is 0. The van der Waals surface area contributed by atoms with Crippen LogP contribution < -0.4 is 0 Å². The third kappa shape index (κ3) is 4.94. The van der Waals surface area contributed by atoms with Crippen LogP contribution in [0.5, 0.6) is 0 Å². The van der Waals surface area contributed by atoms with Gasteiger partial charge in [0.2, 0.25) is 0 Å². The molecular formula is C51H30N4O2. The van der Waals surface area contributed by atoms with Gasteiger partial charge in [-0.05, 0) is 65.7 Å². The summed E-state index contributed by atoms with van der Waals surface area (Å²) in [7, 11) is 0. The molecule has 0 fully saturated rings. The fraction of sp³-hybridized carbons (Fsp3) is 0. The first-order valence-corrected chi connectivity index (χ1v) is 19.0. The number of fused-ring (bicyclic) bond motifs is 9. The molecule has 4 aromatic heterocycles. The van der Waals surface area contributed by atoms with Crippen molar-refractivity contribution in [2.75, 3.05) is 0 Å². The molecule has 8 aromatic carbocycles. The van der Waals surface area contributed by atoms with Gasteiger partial charge in [-0.15, -0.1) is 0 Å². The zero-order chi connectivity index (χ0) is 37.5. The molecule has 0 unspecified atom stereocenters. The fourth-order valence-electron chi connectivity index (χ4n) is 8.48. The first-order chi connectivity index (χ1) is 28.2. The Bertz CT molecular complexity index is 3470. The van der Waals surface area contributed by atoms with Gasteiger partial charge in [-0.25, -0.2) is 15.0 Å². The highest BCUT2D eigenvalue weighted by Crippen LogP contribution is 2.41. The normalized spacial score (nSPS) is 11.9. The SMILES string of the molecule is c1ccc(-c2ccc3c(c2)oc2cccc(-c4nc(-c5ccccc5)nc(-c5ccc6c(c5)oc5cccc(-n7c8ccccc8c8ccccc87)c56)n4)c23)cc1. The third-order valence-electron chi connectivity index (χ3n) is 11.1. The summed E-state index contributed by atoms with van der Waals surface area (Å²) in [5.74, 6) is 1.71. The molecule has 0 radical (unpaired) electrons. The summed E-state index contributed by atoms with van der Waals surface area (Å²) >= 11 is 0. The van der Waals surface area contributed by atoms with Crippen molar-refractivity contribution in [1.82, 2.24) is 19.5 Å². The van der Waals surface area contributed by atoms with Crippen LogP contribution in [0.1, 0.15) is 0 Å². The first kappa shape index (κ1) is 31.5. The molecule has 0 saturated heterocycles. The molecule has 0 N–H and O–H groups in total. The van der Waals surface area contributed by atoms with Crippen LogP contribution in [0.15, 0.2) is 191 Å². The van der Waals surface area contributed by atoms with Crippen molar-refractivity contribution in [2.24, 2.45) is 0 Å². The first-order valence-electron chi connectivity index (χ1n) is 19.0. The van der Waals surface area contributed by atoms with Gasteiger partial charge < -0.3 is 13.4 Å². The van der Waals surface area contributed by atoms with Gasteiger partial charge in [-0.3, -0.25) is 0 Å². The molecule has 6 nitrogen and oxygen atoms in total. The number of hydrogen-bond donors (Lipinski definition) is 0. The molecule has 266 valence electrons. The molecule has 0 amide bonds. The number of benzene rings is 8. The van der Waals surface area contributed by atoms with Crippen LogP contribution in [0.4, 0.5) is 0 Å². The van der Waals surface area contributed by atoms with E-state index in [1.54, 1.807) is 0 Å². The minimum absolute atomic E-state index is 0.556. The predicted octanol–water partition coefficient (Wildman–Crippen LogP) is 13.4. The Labute approximate surface area is 325 Å². The van der Waals surface area contributed by atoms with Crippen LogP contribution in [-0.4, -0.2) is 19.5 Å². The van der Waals surface area contributed by atoms with E-state index in [-0.39, 0.29) is 0 Å². The second-order valence-electron chi connectivity index (χ2n) is 14.4. The van der Waals surface area contributed by atoms with Gasteiger partial charge in [0.05, 0.1) is 22.1 Å². The molecular weight excluding hydrogens is 701 g/mol. The number of hydrogen-bond acceptors (Lipinski definition) is 5. The average molecular weight is 731 g/mol. The van der Waals surface area contributed by atoms with Gasteiger partial charge in [-0.1, -0.05) is 127 Å². The molecule has 12 rings (SSSR count). The summed E-state index contributed by atoms with van der Waals surface area (Å²) < 4.78 is 15.5. The van der Waals surface area contributed by atoms with Crippen LogP contribution in [0.2, 0.25) is 0 Å². The van der Waals surface area contributed by atoms with Crippen molar-refractivity contribution in [1.29, 1.82) is 0 Å². The van der Waals surface area contributed by atoms with Gasteiger partial charge in [-0.2, -0.15) is 0 Å². The predicted molar refractivity (Wildman–Crippen MR) is 230 cm³/mol. The smallest absolute Gasteiger partial charge is 0.164 e. The molecule has 6 heteroatoms. The van der Waals surface area contributed by atoms with Crippen molar-refractivity contribution in [3.8, 4) is 51.0 Å². The maximum absolute atomic E-state index is 6.65. The highest BCUT2D eigenvalue weighted by atomic mass is 16.3. The molecule has 4 heterocycles. The van der Waals surface area contributed by atoms with Crippen molar-refractivity contribution < 1.29 is 8.83 Å². The number of para-hydroxylation sites is 2. The Morgan fingerprint density at radius 1 is 0.333 bits per heavy atom. The molecule has 0 aliphatic heterocycles. The quantitative estimate of drug-likeness (QED) is 0.176. The summed E-state index contributed by atoms with van der Waals surface area (Å²) in [5.41, 5.74) is 11.4. The van der Waals surface area contributed by atoms with E-state index in [1.165, 1.54) is 10.8 Å². The summed E-state index contributed by atoms with van der Waals surface area (Å²) in [6, 6.07) is 62.6. The maximum atomic E-state index is 6.65. The number of aromatic nitrogens is 4. The second-order valence-corrected chi connectivity index (χ2v) is 14.4. The van der Waals surface area contributed by atoms with Crippen molar-refractivity contribution in [2.45, 2.75) is 0 Å². The van der Waals surface area contributed by atoms with Gasteiger partial charge in [0, 0.05) is 43.6 Å². The molecule has 0 aliphatic carbocycles. The average Bonchev–Trinajstić information content (AvgIpc) is 3.96. The van der Waals surface area contributed by atoms with Crippen LogP contribution in [-0.2, 0) is 0 Å². The topological polar surface area (TPSA) is 69.9 Å². The Morgan fingerprint density at radius 2 is 0.860 bits per heavy atom. The minimum Gasteiger partial charge on any atom is -0.456 e. The van der Waals surface area contributed by atoms with Crippen molar-refractivity contribution in [3.63, 3.8) is 0 Å². The standard InChI is InChI=1S/C51H30N4O2/c1-3-13-31(14-4-1)33-25-27-37-45(29-33)56-43-23-11-19-39(47(37)43)51-53-49(32-15-5-2-6-16-32)52-50(54-51)34-26-28-38-46(30-34)57-44-24-12-22-42(48(38)44)55-40-20-9-7-17-35(40)36-18-8-10-21-41(36)55/h1-30H. The maximum Gasteiger partial charge on any atom is 0.164 e. The van der Waals surface area contributed by atoms with E-state index >= 15 is 0 Å².